The van der Waals surface area contributed by atoms with Crippen LogP contribution in [0.2, 0.25) is 0 Å². The van der Waals surface area contributed by atoms with Gasteiger partial charge in [0.05, 0.1) is 0 Å². The third-order valence-corrected chi connectivity index (χ3v) is 2.59. The lowest BCUT2D eigenvalue weighted by molar-refractivity contribution is -0.137. The zero-order valence-corrected chi connectivity index (χ0v) is 11.0. The maximum absolute atomic E-state index is 11.3. The predicted molar refractivity (Wildman–Crippen MR) is 72.1 cm³/mol. The summed E-state index contributed by atoms with van der Waals surface area (Å²) in [6, 6.07) is 7.21. The largest absolute Gasteiger partial charge is 0.481 e. The monoisotopic (exact) mass is 262 g/mol. The molecule has 4 heteroatoms. The molecule has 0 radical (unpaired) electrons. The minimum absolute atomic E-state index is 0.203. The van der Waals surface area contributed by atoms with Gasteiger partial charge in [0.1, 0.15) is 5.75 Å². The van der Waals surface area contributed by atoms with Crippen molar-refractivity contribution in [3.05, 3.63) is 42.0 Å². The maximum Gasteiger partial charge on any atom is 0.338 e. The zero-order valence-electron chi connectivity index (χ0n) is 11.0. The third kappa shape index (κ3) is 5.86. The number of carboxylic acids is 1. The molecule has 0 aliphatic rings. The van der Waals surface area contributed by atoms with E-state index in [0.29, 0.717) is 17.7 Å². The van der Waals surface area contributed by atoms with Crippen LogP contribution in [0, 0.1) is 0 Å². The van der Waals surface area contributed by atoms with Crippen LogP contribution in [0.4, 0.5) is 0 Å². The molecule has 0 saturated heterocycles. The van der Waals surface area contributed by atoms with Crippen molar-refractivity contribution >= 4 is 11.9 Å². The Morgan fingerprint density at radius 3 is 2.37 bits per heavy atom. The first-order valence-electron chi connectivity index (χ1n) is 6.17. The molecule has 102 valence electrons. The number of hydrogen-bond acceptors (Lipinski definition) is 3. The van der Waals surface area contributed by atoms with E-state index in [0.717, 1.165) is 18.4 Å². The first-order valence-corrected chi connectivity index (χ1v) is 6.17. The molecular weight excluding hydrogens is 244 g/mol. The van der Waals surface area contributed by atoms with Crippen molar-refractivity contribution < 1.29 is 19.4 Å². The average Bonchev–Trinajstić information content (AvgIpc) is 2.36. The Morgan fingerprint density at radius 2 is 1.84 bits per heavy atom. The van der Waals surface area contributed by atoms with Crippen LogP contribution in [0.15, 0.2) is 36.4 Å². The van der Waals surface area contributed by atoms with E-state index in [9.17, 15) is 9.59 Å². The Morgan fingerprint density at radius 1 is 1.21 bits per heavy atom. The number of benzene rings is 1. The van der Waals surface area contributed by atoms with Crippen LogP contribution in [0.5, 0.6) is 5.75 Å². The second kappa shape index (κ2) is 7.36. The van der Waals surface area contributed by atoms with Crippen LogP contribution in [-0.4, -0.2) is 17.0 Å². The Bertz CT molecular complexity index is 460. The van der Waals surface area contributed by atoms with Gasteiger partial charge in [-0.15, -0.1) is 0 Å². The number of esters is 1. The van der Waals surface area contributed by atoms with E-state index in [1.54, 1.807) is 19.1 Å². The number of carboxylic acid groups (broad SMARTS) is 1. The van der Waals surface area contributed by atoms with Gasteiger partial charge in [0.25, 0.3) is 0 Å². The standard InChI is InChI=1S/C15H18O4/c1-11(2)15(18)19-13-9-7-12(8-10-13)5-3-4-6-14(16)17/h7-10H,1,3-6H2,2H3,(H,16,17). The van der Waals surface area contributed by atoms with Crippen molar-refractivity contribution in [1.29, 1.82) is 0 Å². The Hall–Kier alpha value is -2.10. The number of hydrogen-bond donors (Lipinski definition) is 1. The lowest BCUT2D eigenvalue weighted by atomic mass is 10.1. The van der Waals surface area contributed by atoms with Gasteiger partial charge in [-0.25, -0.2) is 4.79 Å². The predicted octanol–water partition coefficient (Wildman–Crippen LogP) is 2.97. The third-order valence-electron chi connectivity index (χ3n) is 2.59. The fraction of sp³-hybridized carbons (Fsp3) is 0.333. The first kappa shape index (κ1) is 15.0. The lowest BCUT2D eigenvalue weighted by Gasteiger charge is -2.05. The number of aryl methyl sites for hydroxylation is 1. The molecule has 0 atom stereocenters. The Kier molecular flexibility index (Phi) is 5.79. The van der Waals surface area contributed by atoms with Crippen LogP contribution in [-0.2, 0) is 16.0 Å². The summed E-state index contributed by atoms with van der Waals surface area (Å²) in [5.41, 5.74) is 1.46. The Balaban J connectivity index is 2.41. The van der Waals surface area contributed by atoms with E-state index in [2.05, 4.69) is 6.58 Å². The molecule has 1 aromatic carbocycles. The molecule has 0 aliphatic heterocycles. The van der Waals surface area contributed by atoms with E-state index in [1.807, 2.05) is 12.1 Å². The maximum atomic E-state index is 11.3. The van der Waals surface area contributed by atoms with E-state index in [4.69, 9.17) is 9.84 Å². The molecule has 0 aliphatic carbocycles. The number of ether oxygens (including phenoxy) is 1. The van der Waals surface area contributed by atoms with Crippen molar-refractivity contribution in [2.75, 3.05) is 0 Å². The summed E-state index contributed by atoms with van der Waals surface area (Å²) in [6.07, 6.45) is 2.52. The van der Waals surface area contributed by atoms with E-state index in [-0.39, 0.29) is 6.42 Å². The number of carbonyl (C=O) groups excluding carboxylic acids is 1. The van der Waals surface area contributed by atoms with Gasteiger partial charge in [-0.05, 0) is 43.9 Å². The molecule has 1 rings (SSSR count). The summed E-state index contributed by atoms with van der Waals surface area (Å²) in [4.78, 5) is 21.7. The summed E-state index contributed by atoms with van der Waals surface area (Å²) in [7, 11) is 0. The molecule has 4 nitrogen and oxygen atoms in total. The van der Waals surface area contributed by atoms with Gasteiger partial charge in [-0.1, -0.05) is 18.7 Å². The van der Waals surface area contributed by atoms with E-state index >= 15 is 0 Å². The van der Waals surface area contributed by atoms with Crippen molar-refractivity contribution in [3.8, 4) is 5.75 Å². The number of rotatable bonds is 7. The number of unbranched alkanes of at least 4 members (excludes halogenated alkanes) is 1. The number of aliphatic carboxylic acids is 1. The lowest BCUT2D eigenvalue weighted by Crippen LogP contribution is -2.08. The molecule has 0 spiro atoms. The minimum Gasteiger partial charge on any atom is -0.481 e. The normalized spacial score (nSPS) is 9.95. The summed E-state index contributed by atoms with van der Waals surface area (Å²) in [6.45, 7) is 5.11. The first-order chi connectivity index (χ1) is 8.99. The molecule has 0 saturated carbocycles. The highest BCUT2D eigenvalue weighted by Crippen LogP contribution is 2.15. The van der Waals surface area contributed by atoms with Gasteiger partial charge in [-0.3, -0.25) is 4.79 Å². The van der Waals surface area contributed by atoms with E-state index in [1.165, 1.54) is 0 Å². The molecule has 0 unspecified atom stereocenters. The van der Waals surface area contributed by atoms with Gasteiger partial charge in [0.2, 0.25) is 0 Å². The van der Waals surface area contributed by atoms with Crippen LogP contribution in [0.3, 0.4) is 0 Å². The second-order valence-electron chi connectivity index (χ2n) is 4.41. The van der Waals surface area contributed by atoms with Crippen molar-refractivity contribution in [2.45, 2.75) is 32.6 Å². The van der Waals surface area contributed by atoms with Gasteiger partial charge < -0.3 is 9.84 Å². The van der Waals surface area contributed by atoms with Crippen LogP contribution >= 0.6 is 0 Å². The summed E-state index contributed by atoms with van der Waals surface area (Å²) in [5.74, 6) is -0.710. The smallest absolute Gasteiger partial charge is 0.338 e. The molecule has 1 aromatic rings. The van der Waals surface area contributed by atoms with Gasteiger partial charge in [-0.2, -0.15) is 0 Å². The van der Waals surface area contributed by atoms with Crippen molar-refractivity contribution in [3.63, 3.8) is 0 Å². The fourth-order valence-corrected chi connectivity index (χ4v) is 1.52. The van der Waals surface area contributed by atoms with Crippen molar-refractivity contribution in [2.24, 2.45) is 0 Å². The summed E-state index contributed by atoms with van der Waals surface area (Å²) < 4.78 is 5.07. The molecule has 1 N–H and O–H groups in total. The molecule has 0 heterocycles. The molecular formula is C15H18O4. The zero-order chi connectivity index (χ0) is 14.3. The molecule has 19 heavy (non-hydrogen) atoms. The summed E-state index contributed by atoms with van der Waals surface area (Å²) in [5, 5.41) is 8.52. The van der Waals surface area contributed by atoms with Crippen LogP contribution < -0.4 is 4.74 Å². The second-order valence-corrected chi connectivity index (χ2v) is 4.41. The molecule has 0 aromatic heterocycles. The topological polar surface area (TPSA) is 63.6 Å². The highest BCUT2D eigenvalue weighted by molar-refractivity contribution is 5.88. The highest BCUT2D eigenvalue weighted by Gasteiger charge is 2.05. The van der Waals surface area contributed by atoms with Gasteiger partial charge in [0, 0.05) is 12.0 Å². The summed E-state index contributed by atoms with van der Waals surface area (Å²) >= 11 is 0. The van der Waals surface area contributed by atoms with E-state index < -0.39 is 11.9 Å². The molecule has 0 amide bonds. The molecule has 0 bridgehead atoms. The van der Waals surface area contributed by atoms with Crippen LogP contribution in [0.25, 0.3) is 0 Å². The Labute approximate surface area is 112 Å². The molecule has 0 fully saturated rings. The fourth-order valence-electron chi connectivity index (χ4n) is 1.52. The van der Waals surface area contributed by atoms with Crippen molar-refractivity contribution in [1.82, 2.24) is 0 Å². The SMILES string of the molecule is C=C(C)C(=O)Oc1ccc(CCCCC(=O)O)cc1. The minimum atomic E-state index is -0.762. The number of carbonyl (C=O) groups is 2. The van der Waals surface area contributed by atoms with Crippen LogP contribution in [0.1, 0.15) is 31.7 Å². The quantitative estimate of drug-likeness (QED) is 0.355. The van der Waals surface area contributed by atoms with Gasteiger partial charge in [0.15, 0.2) is 0 Å². The highest BCUT2D eigenvalue weighted by atomic mass is 16.5. The van der Waals surface area contributed by atoms with Gasteiger partial charge >= 0.3 is 11.9 Å². The average molecular weight is 262 g/mol.